The average Bonchev–Trinajstić information content (AvgIpc) is 2.94. The van der Waals surface area contributed by atoms with Gasteiger partial charge in [-0.15, -0.1) is 11.8 Å². The number of carbonyl (C=O) groups is 3. The molecule has 0 spiro atoms. The Labute approximate surface area is 165 Å². The van der Waals surface area contributed by atoms with Crippen LogP contribution in [0.2, 0.25) is 5.02 Å². The number of carbonyl (C=O) groups excluding carboxylic acids is 3. The van der Waals surface area contributed by atoms with Gasteiger partial charge < -0.3 is 10.1 Å². The largest absolute Gasteiger partial charge is 0.497 e. The van der Waals surface area contributed by atoms with Crippen molar-refractivity contribution >= 4 is 52.5 Å². The normalized spacial score (nSPS) is 16.5. The summed E-state index contributed by atoms with van der Waals surface area (Å²) in [6, 6.07) is 13.5. The van der Waals surface area contributed by atoms with Gasteiger partial charge in [0.05, 0.1) is 23.8 Å². The summed E-state index contributed by atoms with van der Waals surface area (Å²) in [5, 5.41) is 2.66. The highest BCUT2D eigenvalue weighted by Crippen LogP contribution is 2.30. The van der Waals surface area contributed by atoms with Crippen LogP contribution in [0.5, 0.6) is 5.75 Å². The van der Waals surface area contributed by atoms with Gasteiger partial charge in [-0.25, -0.2) is 4.90 Å². The zero-order valence-electron chi connectivity index (χ0n) is 14.5. The molecule has 1 fully saturated rings. The first kappa shape index (κ1) is 19.3. The highest BCUT2D eigenvalue weighted by molar-refractivity contribution is 8.01. The highest BCUT2D eigenvalue weighted by Gasteiger charge is 2.40. The van der Waals surface area contributed by atoms with E-state index < -0.39 is 5.25 Å². The Bertz CT molecular complexity index is 872. The third kappa shape index (κ3) is 4.61. The second-order valence-corrected chi connectivity index (χ2v) is 7.46. The molecule has 6 nitrogen and oxygen atoms in total. The zero-order valence-corrected chi connectivity index (χ0v) is 16.0. The Hall–Kier alpha value is -2.51. The van der Waals surface area contributed by atoms with Crippen LogP contribution >= 0.6 is 23.4 Å². The first-order chi connectivity index (χ1) is 13.0. The van der Waals surface area contributed by atoms with Gasteiger partial charge in [0, 0.05) is 17.1 Å². The monoisotopic (exact) mass is 404 g/mol. The van der Waals surface area contributed by atoms with Gasteiger partial charge in [0.25, 0.3) is 0 Å². The number of halogens is 1. The SMILES string of the molecule is COc1ccc(N2C(=O)CC(SCC(=O)Nc3cccc(Cl)c3)C2=O)cc1. The Morgan fingerprint density at radius 2 is 2.00 bits per heavy atom. The van der Waals surface area contributed by atoms with Gasteiger partial charge in [-0.05, 0) is 42.5 Å². The molecule has 0 saturated carbocycles. The minimum atomic E-state index is -0.579. The predicted octanol–water partition coefficient (Wildman–Crippen LogP) is 3.35. The Balaban J connectivity index is 1.58. The smallest absolute Gasteiger partial charge is 0.247 e. The molecule has 3 amide bonds. The molecule has 0 aromatic heterocycles. The summed E-state index contributed by atoms with van der Waals surface area (Å²) in [4.78, 5) is 38.1. The van der Waals surface area contributed by atoms with Crippen molar-refractivity contribution in [3.8, 4) is 5.75 Å². The van der Waals surface area contributed by atoms with E-state index in [2.05, 4.69) is 5.32 Å². The number of benzene rings is 2. The van der Waals surface area contributed by atoms with E-state index in [-0.39, 0.29) is 29.9 Å². The van der Waals surface area contributed by atoms with Crippen molar-refractivity contribution in [1.82, 2.24) is 0 Å². The summed E-state index contributed by atoms with van der Waals surface area (Å²) < 4.78 is 5.08. The summed E-state index contributed by atoms with van der Waals surface area (Å²) in [7, 11) is 1.54. The minimum Gasteiger partial charge on any atom is -0.497 e. The van der Waals surface area contributed by atoms with Gasteiger partial charge >= 0.3 is 0 Å². The fourth-order valence-electron chi connectivity index (χ4n) is 2.68. The van der Waals surface area contributed by atoms with Gasteiger partial charge in [0.15, 0.2) is 0 Å². The van der Waals surface area contributed by atoms with Crippen molar-refractivity contribution < 1.29 is 19.1 Å². The maximum Gasteiger partial charge on any atom is 0.247 e. The topological polar surface area (TPSA) is 75.7 Å². The van der Waals surface area contributed by atoms with Crippen LogP contribution in [0, 0.1) is 0 Å². The van der Waals surface area contributed by atoms with E-state index in [0.29, 0.717) is 22.1 Å². The number of ether oxygens (including phenoxy) is 1. The zero-order chi connectivity index (χ0) is 19.4. The number of anilines is 2. The average molecular weight is 405 g/mol. The lowest BCUT2D eigenvalue weighted by molar-refractivity contribution is -0.121. The molecule has 1 atom stereocenters. The molecule has 1 saturated heterocycles. The molecule has 1 unspecified atom stereocenters. The number of hydrogen-bond acceptors (Lipinski definition) is 5. The van der Waals surface area contributed by atoms with Crippen LogP contribution in [0.3, 0.4) is 0 Å². The molecule has 0 aliphatic carbocycles. The van der Waals surface area contributed by atoms with Crippen LogP contribution in [-0.2, 0) is 14.4 Å². The molecule has 0 radical (unpaired) electrons. The molecule has 2 aromatic rings. The van der Waals surface area contributed by atoms with E-state index in [0.717, 1.165) is 16.7 Å². The molecule has 140 valence electrons. The van der Waals surface area contributed by atoms with Gasteiger partial charge in [-0.2, -0.15) is 0 Å². The van der Waals surface area contributed by atoms with Gasteiger partial charge in [0.2, 0.25) is 17.7 Å². The predicted molar refractivity (Wildman–Crippen MR) is 106 cm³/mol. The van der Waals surface area contributed by atoms with E-state index in [1.165, 1.54) is 0 Å². The number of nitrogens with one attached hydrogen (secondary N) is 1. The first-order valence-electron chi connectivity index (χ1n) is 8.16. The van der Waals surface area contributed by atoms with Crippen LogP contribution in [0.25, 0.3) is 0 Å². The molecule has 3 rings (SSSR count). The van der Waals surface area contributed by atoms with Crippen LogP contribution in [0.1, 0.15) is 6.42 Å². The highest BCUT2D eigenvalue weighted by atomic mass is 35.5. The summed E-state index contributed by atoms with van der Waals surface area (Å²) in [5.41, 5.74) is 1.08. The Morgan fingerprint density at radius 3 is 2.67 bits per heavy atom. The Kier molecular flexibility index (Phi) is 6.03. The van der Waals surface area contributed by atoms with Crippen molar-refractivity contribution in [2.75, 3.05) is 23.1 Å². The van der Waals surface area contributed by atoms with E-state index >= 15 is 0 Å². The fourth-order valence-corrected chi connectivity index (χ4v) is 3.80. The quantitative estimate of drug-likeness (QED) is 0.747. The molecule has 0 bridgehead atoms. The summed E-state index contributed by atoms with van der Waals surface area (Å²) in [6.45, 7) is 0. The fraction of sp³-hybridized carbons (Fsp3) is 0.211. The number of rotatable bonds is 6. The molecular weight excluding hydrogens is 388 g/mol. The van der Waals surface area contributed by atoms with Crippen molar-refractivity contribution in [3.63, 3.8) is 0 Å². The summed E-state index contributed by atoms with van der Waals surface area (Å²) in [6.07, 6.45) is 0.0694. The van der Waals surface area contributed by atoms with Crippen LogP contribution in [0.15, 0.2) is 48.5 Å². The van der Waals surface area contributed by atoms with Gasteiger partial charge in [-0.1, -0.05) is 17.7 Å². The summed E-state index contributed by atoms with van der Waals surface area (Å²) >= 11 is 7.04. The molecule has 1 N–H and O–H groups in total. The van der Waals surface area contributed by atoms with Crippen molar-refractivity contribution in [2.24, 2.45) is 0 Å². The first-order valence-corrected chi connectivity index (χ1v) is 9.58. The van der Waals surface area contributed by atoms with Crippen molar-refractivity contribution in [1.29, 1.82) is 0 Å². The maximum atomic E-state index is 12.6. The lowest BCUT2D eigenvalue weighted by atomic mass is 10.3. The molecule has 27 heavy (non-hydrogen) atoms. The summed E-state index contributed by atoms with van der Waals surface area (Å²) in [5.74, 6) is -0.150. The number of nitrogens with zero attached hydrogens (tertiary/aromatic N) is 1. The third-order valence-corrected chi connectivity index (χ3v) is 5.39. The molecule has 1 aliphatic heterocycles. The van der Waals surface area contributed by atoms with E-state index in [1.54, 1.807) is 55.6 Å². The number of methoxy groups -OCH3 is 1. The third-order valence-electron chi connectivity index (χ3n) is 3.96. The lowest BCUT2D eigenvalue weighted by Gasteiger charge is -2.15. The minimum absolute atomic E-state index is 0.0622. The van der Waals surface area contributed by atoms with E-state index in [9.17, 15) is 14.4 Å². The van der Waals surface area contributed by atoms with E-state index in [1.807, 2.05) is 0 Å². The van der Waals surface area contributed by atoms with Crippen molar-refractivity contribution in [2.45, 2.75) is 11.7 Å². The number of thioether (sulfide) groups is 1. The molecular formula is C19H17ClN2O4S. The van der Waals surface area contributed by atoms with Crippen LogP contribution in [0.4, 0.5) is 11.4 Å². The van der Waals surface area contributed by atoms with Crippen LogP contribution < -0.4 is 15.0 Å². The molecule has 8 heteroatoms. The van der Waals surface area contributed by atoms with E-state index in [4.69, 9.17) is 16.3 Å². The number of amides is 3. The lowest BCUT2D eigenvalue weighted by Crippen LogP contribution is -2.31. The standard InChI is InChI=1S/C19H17ClN2O4S/c1-26-15-7-5-14(6-8-15)22-18(24)10-16(19(22)25)27-11-17(23)21-13-4-2-3-12(20)9-13/h2-9,16H,10-11H2,1H3,(H,21,23). The van der Waals surface area contributed by atoms with Crippen molar-refractivity contribution in [3.05, 3.63) is 53.6 Å². The van der Waals surface area contributed by atoms with Crippen LogP contribution in [-0.4, -0.2) is 35.8 Å². The second-order valence-electron chi connectivity index (χ2n) is 5.83. The Morgan fingerprint density at radius 1 is 1.26 bits per heavy atom. The van der Waals surface area contributed by atoms with Gasteiger partial charge in [-0.3, -0.25) is 14.4 Å². The molecule has 1 aliphatic rings. The number of imide groups is 1. The second kappa shape index (κ2) is 8.45. The maximum absolute atomic E-state index is 12.6. The van der Waals surface area contributed by atoms with Gasteiger partial charge in [0.1, 0.15) is 5.75 Å². The number of hydrogen-bond donors (Lipinski definition) is 1. The molecule has 1 heterocycles. The molecule has 2 aromatic carbocycles.